The minimum absolute atomic E-state index is 0.0478. The maximum absolute atomic E-state index is 9.71. The van der Waals surface area contributed by atoms with Gasteiger partial charge in [-0.15, -0.1) is 0 Å². The molecule has 2 aromatic carbocycles. The average molecular weight is 316 g/mol. The molecule has 0 aromatic heterocycles. The van der Waals surface area contributed by atoms with Gasteiger partial charge >= 0.3 is 0 Å². The second-order valence-corrected chi connectivity index (χ2v) is 6.10. The van der Waals surface area contributed by atoms with Gasteiger partial charge in [-0.05, 0) is 38.2 Å². The number of nitrogens with zero attached hydrogens (tertiary/aromatic N) is 2. The molecule has 0 aliphatic carbocycles. The van der Waals surface area contributed by atoms with Crippen molar-refractivity contribution >= 4 is 6.08 Å². The summed E-state index contributed by atoms with van der Waals surface area (Å²) >= 11 is 0. The van der Waals surface area contributed by atoms with E-state index in [1.807, 2.05) is 66.8 Å². The standard InChI is InChI=1S/C22H24N2/c1-18(24(2)3)22(20-14-8-5-9-15-20)21(17-23)16-10-13-19-11-6-4-7-12-19/h4-16,18,22H,1-3H3/b13-10+,21-16+/t18-,22+/m0/s1. The second kappa shape index (κ2) is 8.86. The third-order valence-electron chi connectivity index (χ3n) is 4.28. The van der Waals surface area contributed by atoms with Gasteiger partial charge in [0.25, 0.3) is 0 Å². The maximum Gasteiger partial charge on any atom is 0.0954 e. The van der Waals surface area contributed by atoms with E-state index in [4.69, 9.17) is 0 Å². The lowest BCUT2D eigenvalue weighted by Gasteiger charge is -2.29. The lowest BCUT2D eigenvalue weighted by molar-refractivity contribution is 0.289. The molecule has 24 heavy (non-hydrogen) atoms. The molecular formula is C22H24N2. The molecule has 0 radical (unpaired) electrons. The first-order valence-corrected chi connectivity index (χ1v) is 8.18. The highest BCUT2D eigenvalue weighted by Crippen LogP contribution is 2.29. The van der Waals surface area contributed by atoms with Gasteiger partial charge in [-0.1, -0.05) is 72.8 Å². The smallest absolute Gasteiger partial charge is 0.0954 e. The number of rotatable bonds is 6. The summed E-state index contributed by atoms with van der Waals surface area (Å²) in [5, 5.41) is 9.71. The Hall–Kier alpha value is -2.63. The van der Waals surface area contributed by atoms with E-state index in [2.05, 4.69) is 44.1 Å². The van der Waals surface area contributed by atoms with Crippen LogP contribution in [0.25, 0.3) is 6.08 Å². The monoisotopic (exact) mass is 316 g/mol. The Morgan fingerprint density at radius 1 is 1.00 bits per heavy atom. The van der Waals surface area contributed by atoms with Crippen molar-refractivity contribution in [2.24, 2.45) is 0 Å². The molecule has 0 N–H and O–H groups in total. The summed E-state index contributed by atoms with van der Waals surface area (Å²) in [5.41, 5.74) is 3.07. The number of hydrogen-bond donors (Lipinski definition) is 0. The predicted octanol–water partition coefficient (Wildman–Crippen LogP) is 4.88. The first kappa shape index (κ1) is 17.7. The zero-order chi connectivity index (χ0) is 17.4. The van der Waals surface area contributed by atoms with E-state index in [1.165, 1.54) is 5.56 Å². The Bertz CT molecular complexity index is 722. The number of nitriles is 1. The van der Waals surface area contributed by atoms with Crippen LogP contribution in [0.3, 0.4) is 0 Å². The molecule has 0 saturated carbocycles. The number of benzene rings is 2. The van der Waals surface area contributed by atoms with Gasteiger partial charge in [0.15, 0.2) is 0 Å². The first-order valence-electron chi connectivity index (χ1n) is 8.18. The topological polar surface area (TPSA) is 27.0 Å². The molecule has 0 saturated heterocycles. The zero-order valence-corrected chi connectivity index (χ0v) is 14.6. The summed E-state index contributed by atoms with van der Waals surface area (Å²) in [6.45, 7) is 2.16. The van der Waals surface area contributed by atoms with Gasteiger partial charge < -0.3 is 4.90 Å². The molecule has 2 nitrogen and oxygen atoms in total. The Kier molecular flexibility index (Phi) is 6.54. The minimum Gasteiger partial charge on any atom is -0.306 e. The highest BCUT2D eigenvalue weighted by molar-refractivity contribution is 5.52. The van der Waals surface area contributed by atoms with Gasteiger partial charge in [-0.2, -0.15) is 5.26 Å². The highest BCUT2D eigenvalue weighted by atomic mass is 15.1. The molecule has 0 aliphatic heterocycles. The molecule has 2 atom stereocenters. The van der Waals surface area contributed by atoms with E-state index in [1.54, 1.807) is 0 Å². The van der Waals surface area contributed by atoms with Crippen LogP contribution in [0.4, 0.5) is 0 Å². The molecular weight excluding hydrogens is 292 g/mol. The average Bonchev–Trinajstić information content (AvgIpc) is 2.62. The first-order chi connectivity index (χ1) is 11.6. The van der Waals surface area contributed by atoms with Crippen molar-refractivity contribution in [1.82, 2.24) is 4.90 Å². The molecule has 2 heteroatoms. The van der Waals surface area contributed by atoms with E-state index in [0.717, 1.165) is 11.1 Å². The van der Waals surface area contributed by atoms with Crippen molar-refractivity contribution in [2.75, 3.05) is 14.1 Å². The van der Waals surface area contributed by atoms with Crippen molar-refractivity contribution in [2.45, 2.75) is 18.9 Å². The van der Waals surface area contributed by atoms with E-state index in [0.29, 0.717) is 0 Å². The van der Waals surface area contributed by atoms with Gasteiger partial charge in [0.1, 0.15) is 0 Å². The van der Waals surface area contributed by atoms with Crippen molar-refractivity contribution in [1.29, 1.82) is 5.26 Å². The van der Waals surface area contributed by atoms with Crippen LogP contribution in [0.15, 0.2) is 78.4 Å². The molecule has 0 amide bonds. The molecule has 0 spiro atoms. The fraction of sp³-hybridized carbons (Fsp3) is 0.227. The van der Waals surface area contributed by atoms with Crippen LogP contribution in [0.2, 0.25) is 0 Å². The van der Waals surface area contributed by atoms with Crippen LogP contribution in [0, 0.1) is 11.3 Å². The summed E-state index contributed by atoms with van der Waals surface area (Å²) in [5.74, 6) is 0.0478. The Balaban J connectivity index is 2.33. The third-order valence-corrected chi connectivity index (χ3v) is 4.28. The summed E-state index contributed by atoms with van der Waals surface area (Å²) in [6.07, 6.45) is 5.93. The van der Waals surface area contributed by atoms with Crippen LogP contribution in [-0.4, -0.2) is 25.0 Å². The zero-order valence-electron chi connectivity index (χ0n) is 14.6. The van der Waals surface area contributed by atoms with Crippen LogP contribution in [0.1, 0.15) is 24.0 Å². The summed E-state index contributed by atoms with van der Waals surface area (Å²) < 4.78 is 0. The van der Waals surface area contributed by atoms with E-state index in [9.17, 15) is 5.26 Å². The Morgan fingerprint density at radius 3 is 2.12 bits per heavy atom. The van der Waals surface area contributed by atoms with Gasteiger partial charge in [-0.3, -0.25) is 0 Å². The van der Waals surface area contributed by atoms with Crippen LogP contribution in [-0.2, 0) is 0 Å². The lowest BCUT2D eigenvalue weighted by Crippen LogP contribution is -2.32. The predicted molar refractivity (Wildman–Crippen MR) is 102 cm³/mol. The summed E-state index contributed by atoms with van der Waals surface area (Å²) in [7, 11) is 4.10. The maximum atomic E-state index is 9.71. The third kappa shape index (κ3) is 4.68. The van der Waals surface area contributed by atoms with Gasteiger partial charge in [0.05, 0.1) is 6.07 Å². The van der Waals surface area contributed by atoms with Crippen LogP contribution >= 0.6 is 0 Å². The molecule has 2 aromatic rings. The quantitative estimate of drug-likeness (QED) is 0.561. The number of allylic oxidation sites excluding steroid dienone is 2. The Labute approximate surface area is 145 Å². The van der Waals surface area contributed by atoms with E-state index < -0.39 is 0 Å². The molecule has 0 unspecified atom stereocenters. The fourth-order valence-corrected chi connectivity index (χ4v) is 2.71. The fourth-order valence-electron chi connectivity index (χ4n) is 2.71. The normalized spacial score (nSPS) is 14.5. The molecule has 0 fully saturated rings. The summed E-state index contributed by atoms with van der Waals surface area (Å²) in [6, 6.07) is 23.0. The van der Waals surface area contributed by atoms with Crippen molar-refractivity contribution in [3.8, 4) is 6.07 Å². The molecule has 2 rings (SSSR count). The lowest BCUT2D eigenvalue weighted by atomic mass is 9.85. The molecule has 0 heterocycles. The SMILES string of the molecule is C[C@@H]([C@@H](/C(C#N)=C/C=C/c1ccccc1)c1ccccc1)N(C)C. The van der Waals surface area contributed by atoms with Gasteiger partial charge in [0, 0.05) is 17.5 Å². The molecule has 0 aliphatic rings. The van der Waals surface area contributed by atoms with E-state index >= 15 is 0 Å². The highest BCUT2D eigenvalue weighted by Gasteiger charge is 2.24. The van der Waals surface area contributed by atoms with E-state index in [-0.39, 0.29) is 12.0 Å². The largest absolute Gasteiger partial charge is 0.306 e. The van der Waals surface area contributed by atoms with Crippen LogP contribution in [0.5, 0.6) is 0 Å². The Morgan fingerprint density at radius 2 is 1.58 bits per heavy atom. The second-order valence-electron chi connectivity index (χ2n) is 6.10. The molecule has 122 valence electrons. The van der Waals surface area contributed by atoms with Crippen molar-refractivity contribution in [3.63, 3.8) is 0 Å². The molecule has 0 bridgehead atoms. The van der Waals surface area contributed by atoms with Crippen molar-refractivity contribution in [3.05, 3.63) is 89.5 Å². The minimum atomic E-state index is 0.0478. The number of hydrogen-bond acceptors (Lipinski definition) is 2. The van der Waals surface area contributed by atoms with Gasteiger partial charge in [0.2, 0.25) is 0 Å². The van der Waals surface area contributed by atoms with Crippen molar-refractivity contribution < 1.29 is 0 Å². The van der Waals surface area contributed by atoms with Crippen LogP contribution < -0.4 is 0 Å². The summed E-state index contributed by atoms with van der Waals surface area (Å²) in [4.78, 5) is 2.16. The number of likely N-dealkylation sites (N-methyl/N-ethyl adjacent to an activating group) is 1. The van der Waals surface area contributed by atoms with Gasteiger partial charge in [-0.25, -0.2) is 0 Å².